The van der Waals surface area contributed by atoms with E-state index in [1.165, 1.54) is 43.6 Å². The van der Waals surface area contributed by atoms with E-state index < -0.39 is 0 Å². The molecule has 0 aromatic heterocycles. The molecule has 0 bridgehead atoms. The highest BCUT2D eigenvalue weighted by Gasteiger charge is 2.19. The van der Waals surface area contributed by atoms with Crippen LogP contribution in [0.5, 0.6) is 0 Å². The van der Waals surface area contributed by atoms with Crippen LogP contribution in [0.25, 0.3) is 0 Å². The lowest BCUT2D eigenvalue weighted by Gasteiger charge is -2.24. The molecule has 1 aliphatic heterocycles. The molecule has 1 aromatic carbocycles. The molecule has 19 heavy (non-hydrogen) atoms. The zero-order chi connectivity index (χ0) is 13.8. The second-order valence-electron chi connectivity index (χ2n) is 5.94. The molecule has 3 heteroatoms. The minimum atomic E-state index is 0.606. The molecule has 2 rings (SSSR count). The lowest BCUT2D eigenvalue weighted by molar-refractivity contribution is 0.351. The Labute approximate surface area is 125 Å². The van der Waals surface area contributed by atoms with Crippen molar-refractivity contribution in [2.45, 2.75) is 39.7 Å². The van der Waals surface area contributed by atoms with Gasteiger partial charge in [-0.25, -0.2) is 0 Å². The first-order valence-corrected chi connectivity index (χ1v) is 8.14. The van der Waals surface area contributed by atoms with E-state index in [2.05, 4.69) is 52.9 Å². The monoisotopic (exact) mass is 324 g/mol. The SMILES string of the molecule is CC(C)C1CCCN(c2cc(Br)cc(CN)c2)CC1. The summed E-state index contributed by atoms with van der Waals surface area (Å²) >= 11 is 3.59. The molecule has 1 fully saturated rings. The summed E-state index contributed by atoms with van der Waals surface area (Å²) in [4.78, 5) is 2.52. The molecule has 106 valence electrons. The summed E-state index contributed by atoms with van der Waals surface area (Å²) < 4.78 is 1.13. The molecule has 0 aliphatic carbocycles. The van der Waals surface area contributed by atoms with Crippen molar-refractivity contribution in [2.24, 2.45) is 17.6 Å². The number of benzene rings is 1. The van der Waals surface area contributed by atoms with Gasteiger partial charge in [0.2, 0.25) is 0 Å². The highest BCUT2D eigenvalue weighted by molar-refractivity contribution is 9.10. The third kappa shape index (κ3) is 3.96. The number of hydrogen-bond donors (Lipinski definition) is 1. The standard InChI is InChI=1S/C16H25BrN2/c1-12(2)14-4-3-6-19(7-5-14)16-9-13(11-18)8-15(17)10-16/h8-10,12,14H,3-7,11,18H2,1-2H3. The fourth-order valence-electron chi connectivity index (χ4n) is 2.98. The lowest BCUT2D eigenvalue weighted by atomic mass is 9.89. The van der Waals surface area contributed by atoms with Crippen molar-refractivity contribution >= 4 is 21.6 Å². The molecule has 0 amide bonds. The summed E-state index contributed by atoms with van der Waals surface area (Å²) in [7, 11) is 0. The van der Waals surface area contributed by atoms with E-state index in [4.69, 9.17) is 5.73 Å². The molecule has 0 radical (unpaired) electrons. The summed E-state index contributed by atoms with van der Waals surface area (Å²) in [5, 5.41) is 0. The first-order valence-electron chi connectivity index (χ1n) is 7.34. The number of anilines is 1. The Morgan fingerprint density at radius 1 is 1.26 bits per heavy atom. The first-order chi connectivity index (χ1) is 9.10. The predicted octanol–water partition coefficient (Wildman–Crippen LogP) is 4.17. The Kier molecular flexibility index (Phi) is 5.28. The highest BCUT2D eigenvalue weighted by Crippen LogP contribution is 2.29. The quantitative estimate of drug-likeness (QED) is 0.904. The van der Waals surface area contributed by atoms with Gasteiger partial charge in [-0.1, -0.05) is 29.8 Å². The minimum Gasteiger partial charge on any atom is -0.371 e. The van der Waals surface area contributed by atoms with E-state index in [-0.39, 0.29) is 0 Å². The number of hydrogen-bond acceptors (Lipinski definition) is 2. The number of rotatable bonds is 3. The van der Waals surface area contributed by atoms with Crippen LogP contribution < -0.4 is 10.6 Å². The molecule has 1 aromatic rings. The van der Waals surface area contributed by atoms with Gasteiger partial charge >= 0.3 is 0 Å². The van der Waals surface area contributed by atoms with Gasteiger partial charge in [0, 0.05) is 29.8 Å². The van der Waals surface area contributed by atoms with Crippen molar-refractivity contribution in [1.82, 2.24) is 0 Å². The third-order valence-corrected chi connectivity index (χ3v) is 4.72. The average molecular weight is 325 g/mol. The normalized spacial score (nSPS) is 20.7. The highest BCUT2D eigenvalue weighted by atomic mass is 79.9. The molecular weight excluding hydrogens is 300 g/mol. The van der Waals surface area contributed by atoms with Crippen molar-refractivity contribution in [3.63, 3.8) is 0 Å². The van der Waals surface area contributed by atoms with E-state index in [9.17, 15) is 0 Å². The van der Waals surface area contributed by atoms with Crippen molar-refractivity contribution in [3.05, 3.63) is 28.2 Å². The molecule has 2 N–H and O–H groups in total. The zero-order valence-electron chi connectivity index (χ0n) is 12.0. The van der Waals surface area contributed by atoms with Gasteiger partial charge in [0.15, 0.2) is 0 Å². The largest absolute Gasteiger partial charge is 0.371 e. The molecule has 1 aliphatic rings. The van der Waals surface area contributed by atoms with E-state index in [0.29, 0.717) is 6.54 Å². The Hall–Kier alpha value is -0.540. The van der Waals surface area contributed by atoms with E-state index in [1.54, 1.807) is 0 Å². The van der Waals surface area contributed by atoms with Crippen LogP contribution in [0.3, 0.4) is 0 Å². The van der Waals surface area contributed by atoms with Crippen LogP contribution in [0.1, 0.15) is 38.7 Å². The second-order valence-corrected chi connectivity index (χ2v) is 6.86. The van der Waals surface area contributed by atoms with Gasteiger partial charge < -0.3 is 10.6 Å². The molecule has 1 heterocycles. The summed E-state index contributed by atoms with van der Waals surface area (Å²) in [5.74, 6) is 1.69. The van der Waals surface area contributed by atoms with Crippen LogP contribution in [0, 0.1) is 11.8 Å². The van der Waals surface area contributed by atoms with Crippen molar-refractivity contribution in [2.75, 3.05) is 18.0 Å². The molecule has 0 spiro atoms. The summed E-state index contributed by atoms with van der Waals surface area (Å²) in [6.07, 6.45) is 3.97. The van der Waals surface area contributed by atoms with E-state index in [1.807, 2.05) is 0 Å². The lowest BCUT2D eigenvalue weighted by Crippen LogP contribution is -2.24. The zero-order valence-corrected chi connectivity index (χ0v) is 13.6. The van der Waals surface area contributed by atoms with Gasteiger partial charge in [0.1, 0.15) is 0 Å². The fraction of sp³-hybridized carbons (Fsp3) is 0.625. The Bertz CT molecular complexity index is 417. The second kappa shape index (κ2) is 6.76. The fourth-order valence-corrected chi connectivity index (χ4v) is 3.51. The molecule has 2 nitrogen and oxygen atoms in total. The van der Waals surface area contributed by atoms with Crippen LogP contribution in [-0.2, 0) is 6.54 Å². The van der Waals surface area contributed by atoms with Gasteiger partial charge in [-0.15, -0.1) is 0 Å². The molecule has 1 atom stereocenters. The summed E-state index contributed by atoms with van der Waals surface area (Å²) in [6, 6.07) is 6.56. The van der Waals surface area contributed by atoms with Crippen molar-refractivity contribution < 1.29 is 0 Å². The molecule has 1 saturated heterocycles. The van der Waals surface area contributed by atoms with Crippen LogP contribution in [0.15, 0.2) is 22.7 Å². The summed E-state index contributed by atoms with van der Waals surface area (Å²) in [6.45, 7) is 7.65. The van der Waals surface area contributed by atoms with Crippen molar-refractivity contribution in [3.8, 4) is 0 Å². The van der Waals surface area contributed by atoms with Gasteiger partial charge in [-0.05, 0) is 54.9 Å². The van der Waals surface area contributed by atoms with Gasteiger partial charge in [-0.3, -0.25) is 0 Å². The topological polar surface area (TPSA) is 29.3 Å². The van der Waals surface area contributed by atoms with Gasteiger partial charge in [0.25, 0.3) is 0 Å². The first kappa shape index (κ1) is 14.9. The van der Waals surface area contributed by atoms with Gasteiger partial charge in [-0.2, -0.15) is 0 Å². The van der Waals surface area contributed by atoms with Crippen LogP contribution in [-0.4, -0.2) is 13.1 Å². The smallest absolute Gasteiger partial charge is 0.0380 e. The Morgan fingerprint density at radius 2 is 2.05 bits per heavy atom. The minimum absolute atomic E-state index is 0.606. The molecule has 1 unspecified atom stereocenters. The Balaban J connectivity index is 2.11. The third-order valence-electron chi connectivity index (χ3n) is 4.26. The van der Waals surface area contributed by atoms with Crippen LogP contribution in [0.4, 0.5) is 5.69 Å². The van der Waals surface area contributed by atoms with E-state index in [0.717, 1.165) is 16.3 Å². The summed E-state index contributed by atoms with van der Waals surface area (Å²) in [5.41, 5.74) is 8.29. The maximum Gasteiger partial charge on any atom is 0.0380 e. The predicted molar refractivity (Wildman–Crippen MR) is 86.4 cm³/mol. The number of halogens is 1. The van der Waals surface area contributed by atoms with E-state index >= 15 is 0 Å². The molecular formula is C16H25BrN2. The van der Waals surface area contributed by atoms with Crippen LogP contribution in [0.2, 0.25) is 0 Å². The Morgan fingerprint density at radius 3 is 2.74 bits per heavy atom. The maximum absolute atomic E-state index is 5.77. The van der Waals surface area contributed by atoms with Crippen molar-refractivity contribution in [1.29, 1.82) is 0 Å². The average Bonchev–Trinajstić information content (AvgIpc) is 2.63. The van der Waals surface area contributed by atoms with Crippen LogP contribution >= 0.6 is 15.9 Å². The maximum atomic E-state index is 5.77. The van der Waals surface area contributed by atoms with Gasteiger partial charge in [0.05, 0.1) is 0 Å². The molecule has 0 saturated carbocycles. The number of nitrogens with two attached hydrogens (primary N) is 1. The number of nitrogens with zero attached hydrogens (tertiary/aromatic N) is 1.